The van der Waals surface area contributed by atoms with E-state index in [0.717, 1.165) is 25.0 Å². The van der Waals surface area contributed by atoms with Gasteiger partial charge in [-0.15, -0.1) is 12.4 Å². The number of nitrogens with two attached hydrogens (primary N) is 1. The first-order valence-corrected chi connectivity index (χ1v) is 4.46. The monoisotopic (exact) mass is 235 g/mol. The van der Waals surface area contributed by atoms with Crippen molar-refractivity contribution in [3.05, 3.63) is 29.8 Å². The molecule has 1 aliphatic carbocycles. The molecule has 84 valence electrons. The summed E-state index contributed by atoms with van der Waals surface area (Å²) in [7, 11) is 0. The molecule has 0 aromatic heterocycles. The Morgan fingerprint density at radius 2 is 1.80 bits per heavy atom. The molecule has 0 aliphatic heterocycles. The standard InChI is InChI=1S/C10H11F2NO.ClH/c11-7-2-1-3-8(12)9(7)14-6-10(13)4-5-10;/h1-3H,4-6,13H2;1H. The number of hydrogen-bond acceptors (Lipinski definition) is 2. The normalized spacial score (nSPS) is 16.7. The van der Waals surface area contributed by atoms with Gasteiger partial charge in [-0.2, -0.15) is 0 Å². The van der Waals surface area contributed by atoms with Gasteiger partial charge >= 0.3 is 0 Å². The van der Waals surface area contributed by atoms with Crippen LogP contribution in [0.15, 0.2) is 18.2 Å². The Balaban J connectivity index is 0.00000112. The first-order chi connectivity index (χ1) is 6.61. The molecule has 0 amide bonds. The average molecular weight is 236 g/mol. The molecule has 1 aromatic rings. The van der Waals surface area contributed by atoms with Gasteiger partial charge in [0.1, 0.15) is 6.61 Å². The maximum atomic E-state index is 13.0. The van der Waals surface area contributed by atoms with Crippen molar-refractivity contribution in [2.24, 2.45) is 5.73 Å². The zero-order valence-corrected chi connectivity index (χ0v) is 8.82. The van der Waals surface area contributed by atoms with Gasteiger partial charge in [0, 0.05) is 0 Å². The Morgan fingerprint density at radius 3 is 2.27 bits per heavy atom. The highest BCUT2D eigenvalue weighted by atomic mass is 35.5. The van der Waals surface area contributed by atoms with E-state index in [-0.39, 0.29) is 30.3 Å². The highest BCUT2D eigenvalue weighted by molar-refractivity contribution is 5.85. The number of ether oxygens (including phenoxy) is 1. The molecule has 0 atom stereocenters. The van der Waals surface area contributed by atoms with Gasteiger partial charge in [-0.3, -0.25) is 0 Å². The lowest BCUT2D eigenvalue weighted by Crippen LogP contribution is -2.30. The van der Waals surface area contributed by atoms with E-state index in [0.29, 0.717) is 0 Å². The summed E-state index contributed by atoms with van der Waals surface area (Å²) >= 11 is 0. The van der Waals surface area contributed by atoms with Crippen LogP contribution in [0.4, 0.5) is 8.78 Å². The summed E-state index contributed by atoms with van der Waals surface area (Å²) in [6.07, 6.45) is 1.70. The molecule has 1 aromatic carbocycles. The van der Waals surface area contributed by atoms with Gasteiger partial charge in [0.2, 0.25) is 0 Å². The molecule has 2 rings (SSSR count). The van der Waals surface area contributed by atoms with Crippen molar-refractivity contribution in [1.82, 2.24) is 0 Å². The van der Waals surface area contributed by atoms with Crippen molar-refractivity contribution in [2.45, 2.75) is 18.4 Å². The van der Waals surface area contributed by atoms with Crippen LogP contribution >= 0.6 is 12.4 Å². The van der Waals surface area contributed by atoms with Crippen LogP contribution in [0.1, 0.15) is 12.8 Å². The Morgan fingerprint density at radius 1 is 1.27 bits per heavy atom. The van der Waals surface area contributed by atoms with Crippen LogP contribution in [0, 0.1) is 11.6 Å². The van der Waals surface area contributed by atoms with Gasteiger partial charge in [-0.05, 0) is 25.0 Å². The highest BCUT2D eigenvalue weighted by Crippen LogP contribution is 2.33. The molecule has 1 aliphatic rings. The molecule has 2 N–H and O–H groups in total. The van der Waals surface area contributed by atoms with Crippen LogP contribution in [-0.2, 0) is 0 Å². The summed E-state index contributed by atoms with van der Waals surface area (Å²) in [6, 6.07) is 3.62. The van der Waals surface area contributed by atoms with Crippen molar-refractivity contribution in [2.75, 3.05) is 6.61 Å². The molecular formula is C10H12ClF2NO. The Bertz CT molecular complexity index is 335. The van der Waals surface area contributed by atoms with E-state index < -0.39 is 11.6 Å². The van der Waals surface area contributed by atoms with E-state index in [4.69, 9.17) is 10.5 Å². The predicted octanol–water partition coefficient (Wildman–Crippen LogP) is 2.26. The molecule has 0 saturated heterocycles. The van der Waals surface area contributed by atoms with Gasteiger partial charge in [0.25, 0.3) is 0 Å². The third-order valence-corrected chi connectivity index (χ3v) is 2.32. The van der Waals surface area contributed by atoms with Crippen LogP contribution in [0.25, 0.3) is 0 Å². The number of para-hydroxylation sites is 1. The SMILES string of the molecule is Cl.NC1(COc2c(F)cccc2F)CC1. The smallest absolute Gasteiger partial charge is 0.190 e. The lowest BCUT2D eigenvalue weighted by atomic mass is 10.3. The number of rotatable bonds is 3. The zero-order chi connectivity index (χ0) is 10.2. The predicted molar refractivity (Wildman–Crippen MR) is 55.3 cm³/mol. The molecule has 5 heteroatoms. The summed E-state index contributed by atoms with van der Waals surface area (Å²) in [5, 5.41) is 0. The Hall–Kier alpha value is -0.870. The third kappa shape index (κ3) is 2.79. The van der Waals surface area contributed by atoms with E-state index in [1.807, 2.05) is 0 Å². The van der Waals surface area contributed by atoms with Crippen molar-refractivity contribution < 1.29 is 13.5 Å². The molecule has 1 fully saturated rings. The molecule has 0 radical (unpaired) electrons. The van der Waals surface area contributed by atoms with E-state index in [1.165, 1.54) is 6.07 Å². The van der Waals surface area contributed by atoms with Crippen molar-refractivity contribution >= 4 is 12.4 Å². The minimum Gasteiger partial charge on any atom is -0.486 e. The average Bonchev–Trinajstić information content (AvgIpc) is 2.83. The van der Waals surface area contributed by atoms with Gasteiger partial charge in [-0.25, -0.2) is 8.78 Å². The van der Waals surface area contributed by atoms with Crippen molar-refractivity contribution in [3.63, 3.8) is 0 Å². The molecule has 0 spiro atoms. The molecule has 15 heavy (non-hydrogen) atoms. The number of benzene rings is 1. The summed E-state index contributed by atoms with van der Waals surface area (Å²) in [5.41, 5.74) is 5.36. The first kappa shape index (κ1) is 12.2. The summed E-state index contributed by atoms with van der Waals surface area (Å²) in [6.45, 7) is 0.171. The summed E-state index contributed by atoms with van der Waals surface area (Å²) in [5.74, 6) is -1.70. The molecule has 0 heterocycles. The maximum absolute atomic E-state index is 13.0. The fourth-order valence-corrected chi connectivity index (χ4v) is 1.14. The van der Waals surface area contributed by atoms with Crippen molar-refractivity contribution in [1.29, 1.82) is 0 Å². The third-order valence-electron chi connectivity index (χ3n) is 2.32. The fraction of sp³-hybridized carbons (Fsp3) is 0.400. The molecule has 0 unspecified atom stereocenters. The molecular weight excluding hydrogens is 224 g/mol. The second-order valence-corrected chi connectivity index (χ2v) is 3.70. The van der Waals surface area contributed by atoms with Crippen LogP contribution in [-0.4, -0.2) is 12.1 Å². The number of halogens is 3. The Kier molecular flexibility index (Phi) is 3.52. The van der Waals surface area contributed by atoms with E-state index >= 15 is 0 Å². The largest absolute Gasteiger partial charge is 0.486 e. The number of hydrogen-bond donors (Lipinski definition) is 1. The van der Waals surface area contributed by atoms with Gasteiger partial charge in [-0.1, -0.05) is 6.07 Å². The van der Waals surface area contributed by atoms with E-state index in [2.05, 4.69) is 0 Å². The van der Waals surface area contributed by atoms with Gasteiger partial charge in [0.05, 0.1) is 5.54 Å². The van der Waals surface area contributed by atoms with Crippen LogP contribution in [0.2, 0.25) is 0 Å². The quantitative estimate of drug-likeness (QED) is 0.872. The molecule has 1 saturated carbocycles. The fourth-order valence-electron chi connectivity index (χ4n) is 1.14. The van der Waals surface area contributed by atoms with Crippen LogP contribution in [0.5, 0.6) is 5.75 Å². The van der Waals surface area contributed by atoms with Crippen LogP contribution in [0.3, 0.4) is 0 Å². The lowest BCUT2D eigenvalue weighted by molar-refractivity contribution is 0.254. The second kappa shape index (κ2) is 4.33. The summed E-state index contributed by atoms with van der Waals surface area (Å²) < 4.78 is 31.1. The molecule has 0 bridgehead atoms. The molecule has 2 nitrogen and oxygen atoms in total. The van der Waals surface area contributed by atoms with Crippen molar-refractivity contribution in [3.8, 4) is 5.75 Å². The van der Waals surface area contributed by atoms with E-state index in [9.17, 15) is 8.78 Å². The van der Waals surface area contributed by atoms with Gasteiger partial charge in [0.15, 0.2) is 17.4 Å². The topological polar surface area (TPSA) is 35.2 Å². The minimum absolute atomic E-state index is 0. The maximum Gasteiger partial charge on any atom is 0.190 e. The van der Waals surface area contributed by atoms with Gasteiger partial charge < -0.3 is 10.5 Å². The lowest BCUT2D eigenvalue weighted by Gasteiger charge is -2.11. The highest BCUT2D eigenvalue weighted by Gasteiger charge is 2.39. The first-order valence-electron chi connectivity index (χ1n) is 4.46. The van der Waals surface area contributed by atoms with E-state index in [1.54, 1.807) is 0 Å². The summed E-state index contributed by atoms with van der Waals surface area (Å²) in [4.78, 5) is 0. The Labute approximate surface area is 92.8 Å². The van der Waals surface area contributed by atoms with Crippen LogP contribution < -0.4 is 10.5 Å². The minimum atomic E-state index is -0.686. The second-order valence-electron chi connectivity index (χ2n) is 3.70. The zero-order valence-electron chi connectivity index (χ0n) is 8.00.